The Hall–Kier alpha value is -2.06. The molecule has 3 aromatic carbocycles. The first-order valence-corrected chi connectivity index (χ1v) is 11.9. The van der Waals surface area contributed by atoms with Crippen molar-refractivity contribution in [2.45, 2.75) is 66.6 Å². The monoisotopic (exact) mass is 392 g/mol. The van der Waals surface area contributed by atoms with Gasteiger partial charge in [0, 0.05) is 14.7 Å². The molecule has 0 heterocycles. The van der Waals surface area contributed by atoms with Crippen LogP contribution in [0.4, 0.5) is 3.89 Å². The second kappa shape index (κ2) is 8.13. The Morgan fingerprint density at radius 1 is 0.607 bits per heavy atom. The molecule has 0 saturated heterocycles. The number of hydrogen-bond acceptors (Lipinski definition) is 0. The third-order valence-corrected chi connectivity index (χ3v) is 8.74. The molecule has 0 spiro atoms. The van der Waals surface area contributed by atoms with Gasteiger partial charge in [0.05, 0.1) is 0 Å². The molecule has 0 amide bonds. The van der Waals surface area contributed by atoms with Crippen molar-refractivity contribution in [2.24, 2.45) is 0 Å². The van der Waals surface area contributed by atoms with Gasteiger partial charge in [0.25, 0.3) is 0 Å². The summed E-state index contributed by atoms with van der Waals surface area (Å²) in [6, 6.07) is 24.3. The lowest BCUT2D eigenvalue weighted by atomic mass is 9.84. The highest BCUT2D eigenvalue weighted by molar-refractivity contribution is 8.29. The van der Waals surface area contributed by atoms with Gasteiger partial charge in [-0.15, -0.1) is 0 Å². The average Bonchev–Trinajstić information content (AvgIpc) is 2.75. The van der Waals surface area contributed by atoms with E-state index in [9.17, 15) is 0 Å². The van der Waals surface area contributed by atoms with Crippen LogP contribution in [0.5, 0.6) is 0 Å². The Balaban J connectivity index is 1.76. The molecule has 146 valence electrons. The molecule has 1 aliphatic carbocycles. The maximum atomic E-state index is 16.9. The lowest BCUT2D eigenvalue weighted by molar-refractivity contribution is 0.443. The summed E-state index contributed by atoms with van der Waals surface area (Å²) in [6.45, 7) is 4.09. The largest absolute Gasteiger partial charge is 0.175 e. The fourth-order valence-corrected chi connectivity index (χ4v) is 6.57. The highest BCUT2D eigenvalue weighted by Gasteiger charge is 2.31. The van der Waals surface area contributed by atoms with Crippen LogP contribution in [0.1, 0.15) is 54.7 Å². The second-order valence-electron chi connectivity index (χ2n) is 8.07. The predicted molar refractivity (Wildman–Crippen MR) is 118 cm³/mol. The highest BCUT2D eigenvalue weighted by atomic mass is 32.3. The fraction of sp³-hybridized carbons (Fsp3) is 0.308. The molecule has 0 aliphatic heterocycles. The van der Waals surface area contributed by atoms with Gasteiger partial charge in [0.2, 0.25) is 0 Å². The summed E-state index contributed by atoms with van der Waals surface area (Å²) in [6.07, 6.45) is 6.52. The summed E-state index contributed by atoms with van der Waals surface area (Å²) in [5.41, 5.74) is 3.68. The van der Waals surface area contributed by atoms with E-state index in [0.29, 0.717) is 5.92 Å². The van der Waals surface area contributed by atoms with E-state index in [1.165, 1.54) is 37.7 Å². The number of benzene rings is 3. The molecule has 2 heteroatoms. The van der Waals surface area contributed by atoms with Crippen LogP contribution in [0.2, 0.25) is 0 Å². The van der Waals surface area contributed by atoms with E-state index >= 15 is 3.89 Å². The summed E-state index contributed by atoms with van der Waals surface area (Å²) in [5, 5.41) is 0. The zero-order valence-corrected chi connectivity index (χ0v) is 17.6. The first-order valence-electron chi connectivity index (χ1n) is 10.3. The van der Waals surface area contributed by atoms with Crippen molar-refractivity contribution in [2.75, 3.05) is 0 Å². The van der Waals surface area contributed by atoms with Crippen LogP contribution >= 0.6 is 10.4 Å². The van der Waals surface area contributed by atoms with E-state index < -0.39 is 10.4 Å². The van der Waals surface area contributed by atoms with Gasteiger partial charge >= 0.3 is 0 Å². The molecule has 0 aromatic heterocycles. The van der Waals surface area contributed by atoms with Gasteiger partial charge in [-0.3, -0.25) is 0 Å². The topological polar surface area (TPSA) is 0 Å². The highest BCUT2D eigenvalue weighted by Crippen LogP contribution is 2.69. The quantitative estimate of drug-likeness (QED) is 0.417. The first kappa shape index (κ1) is 19.3. The lowest BCUT2D eigenvalue weighted by Gasteiger charge is -2.33. The van der Waals surface area contributed by atoms with Crippen molar-refractivity contribution in [3.05, 3.63) is 89.5 Å². The van der Waals surface area contributed by atoms with E-state index in [0.717, 1.165) is 25.8 Å². The molecule has 3 aromatic rings. The normalized spacial score (nSPS) is 16.1. The van der Waals surface area contributed by atoms with Crippen LogP contribution in [0.15, 0.2) is 87.5 Å². The Labute approximate surface area is 170 Å². The van der Waals surface area contributed by atoms with Gasteiger partial charge in [-0.25, -0.2) is 0 Å². The Morgan fingerprint density at radius 3 is 1.43 bits per heavy atom. The third-order valence-electron chi connectivity index (χ3n) is 5.97. The smallest absolute Gasteiger partial charge is 0.0263 e. The SMILES string of the molecule is Cc1ccc(S(F)(c2ccc(C)cc2)c2ccc(C3CCCCC3)cc2)cc1. The van der Waals surface area contributed by atoms with Crippen LogP contribution in [0.3, 0.4) is 0 Å². The van der Waals surface area contributed by atoms with Gasteiger partial charge in [-0.05, 0) is 85.0 Å². The molecule has 0 radical (unpaired) electrons. The van der Waals surface area contributed by atoms with Crippen molar-refractivity contribution in [3.63, 3.8) is 0 Å². The molecule has 0 bridgehead atoms. The summed E-state index contributed by atoms with van der Waals surface area (Å²) >= 11 is 0. The number of halogens is 1. The lowest BCUT2D eigenvalue weighted by Crippen LogP contribution is -2.05. The molecule has 1 aliphatic rings. The van der Waals surface area contributed by atoms with Gasteiger partial charge in [0.1, 0.15) is 0 Å². The number of hydrogen-bond donors (Lipinski definition) is 0. The van der Waals surface area contributed by atoms with Crippen LogP contribution in [0.25, 0.3) is 0 Å². The van der Waals surface area contributed by atoms with E-state index in [2.05, 4.69) is 12.1 Å². The fourth-order valence-electron chi connectivity index (χ4n) is 4.22. The Bertz CT molecular complexity index is 859. The molecule has 0 atom stereocenters. The first-order chi connectivity index (χ1) is 13.6. The van der Waals surface area contributed by atoms with Gasteiger partial charge in [-0.2, -0.15) is 3.89 Å². The number of aryl methyl sites for hydroxylation is 2. The van der Waals surface area contributed by atoms with E-state index in [1.807, 2.05) is 74.5 Å². The van der Waals surface area contributed by atoms with Crippen LogP contribution in [-0.2, 0) is 0 Å². The van der Waals surface area contributed by atoms with Crippen molar-refractivity contribution in [3.8, 4) is 0 Å². The summed E-state index contributed by atoms with van der Waals surface area (Å²) < 4.78 is 16.9. The molecule has 4 rings (SSSR count). The molecule has 0 N–H and O–H groups in total. The molecule has 28 heavy (non-hydrogen) atoms. The van der Waals surface area contributed by atoms with E-state index in [1.54, 1.807) is 0 Å². The predicted octanol–water partition coefficient (Wildman–Crippen LogP) is 8.52. The van der Waals surface area contributed by atoms with Gasteiger partial charge in [-0.1, -0.05) is 66.8 Å². The second-order valence-corrected chi connectivity index (χ2v) is 10.6. The van der Waals surface area contributed by atoms with Gasteiger partial charge in [0.15, 0.2) is 0 Å². The molecule has 1 fully saturated rings. The minimum absolute atomic E-state index is 0.644. The molecule has 0 unspecified atom stereocenters. The van der Waals surface area contributed by atoms with Crippen molar-refractivity contribution in [1.82, 2.24) is 0 Å². The molecule has 1 saturated carbocycles. The summed E-state index contributed by atoms with van der Waals surface area (Å²) in [7, 11) is -2.76. The van der Waals surface area contributed by atoms with Crippen LogP contribution in [0, 0.1) is 13.8 Å². The zero-order chi connectivity index (χ0) is 19.6. The Morgan fingerprint density at radius 2 is 1.00 bits per heavy atom. The summed E-state index contributed by atoms with van der Waals surface area (Å²) in [4.78, 5) is 2.33. The minimum Gasteiger partial charge on any atom is -0.175 e. The van der Waals surface area contributed by atoms with Crippen LogP contribution in [-0.4, -0.2) is 0 Å². The minimum atomic E-state index is -2.76. The van der Waals surface area contributed by atoms with Crippen molar-refractivity contribution < 1.29 is 3.89 Å². The molecule has 0 nitrogen and oxygen atoms in total. The van der Waals surface area contributed by atoms with Crippen LogP contribution < -0.4 is 0 Å². The number of rotatable bonds is 4. The maximum absolute atomic E-state index is 16.9. The molecular formula is C26H29FS. The van der Waals surface area contributed by atoms with E-state index in [4.69, 9.17) is 0 Å². The van der Waals surface area contributed by atoms with Crippen molar-refractivity contribution in [1.29, 1.82) is 0 Å². The average molecular weight is 393 g/mol. The van der Waals surface area contributed by atoms with Crippen molar-refractivity contribution >= 4 is 10.4 Å². The third kappa shape index (κ3) is 3.75. The van der Waals surface area contributed by atoms with Gasteiger partial charge < -0.3 is 0 Å². The summed E-state index contributed by atoms with van der Waals surface area (Å²) in [5.74, 6) is 0.644. The molecular weight excluding hydrogens is 363 g/mol. The maximum Gasteiger partial charge on any atom is 0.0263 e. The Kier molecular flexibility index (Phi) is 5.59. The zero-order valence-electron chi connectivity index (χ0n) is 16.8. The standard InChI is InChI=1S/C26H29FS/c1-20-8-14-24(15-9-20)28(27,25-16-10-21(2)11-17-25)26-18-12-23(13-19-26)22-6-4-3-5-7-22/h8-19,22H,3-7H2,1-2H3. The van der Waals surface area contributed by atoms with E-state index in [-0.39, 0.29) is 0 Å².